The lowest BCUT2D eigenvalue weighted by atomic mass is 9.88. The maximum Gasteiger partial charge on any atom is 0.330 e. The minimum Gasteiger partial charge on any atom is -0.430 e. The van der Waals surface area contributed by atoms with Gasteiger partial charge in [0.2, 0.25) is 0 Å². The molecule has 2 rings (SSSR count). The van der Waals surface area contributed by atoms with Crippen LogP contribution in [0.3, 0.4) is 0 Å². The Morgan fingerprint density at radius 3 is 2.07 bits per heavy atom. The zero-order valence-corrected chi connectivity index (χ0v) is 8.47. The standard InChI is InChI=1S/C13H12BO/c1-3-7-12(8-4-1)11-15-14-13-9-5-2-6-10-13/h1-10H,11H2. The molecule has 0 bridgehead atoms. The van der Waals surface area contributed by atoms with Crippen molar-refractivity contribution >= 4 is 12.9 Å². The Hall–Kier alpha value is -1.54. The van der Waals surface area contributed by atoms with Crippen molar-refractivity contribution in [2.75, 3.05) is 0 Å². The molecular formula is C13H12BO. The quantitative estimate of drug-likeness (QED) is 0.679. The highest BCUT2D eigenvalue weighted by Crippen LogP contribution is 1.99. The van der Waals surface area contributed by atoms with Gasteiger partial charge >= 0.3 is 7.48 Å². The third-order valence-electron chi connectivity index (χ3n) is 2.11. The van der Waals surface area contributed by atoms with Gasteiger partial charge in [0.1, 0.15) is 0 Å². The SMILES string of the molecule is [B](OCc1ccccc1)c1ccccc1. The second kappa shape index (κ2) is 5.37. The first-order valence-corrected chi connectivity index (χ1v) is 4.99. The summed E-state index contributed by atoms with van der Waals surface area (Å²) >= 11 is 0. The molecule has 0 saturated carbocycles. The van der Waals surface area contributed by atoms with E-state index in [-0.39, 0.29) is 0 Å². The predicted molar refractivity (Wildman–Crippen MR) is 63.1 cm³/mol. The van der Waals surface area contributed by atoms with Gasteiger partial charge < -0.3 is 4.65 Å². The van der Waals surface area contributed by atoms with Gasteiger partial charge in [-0.2, -0.15) is 0 Å². The Balaban J connectivity index is 1.81. The van der Waals surface area contributed by atoms with E-state index in [1.165, 1.54) is 5.56 Å². The zero-order valence-electron chi connectivity index (χ0n) is 8.47. The highest BCUT2D eigenvalue weighted by atomic mass is 16.4. The van der Waals surface area contributed by atoms with Crippen molar-refractivity contribution in [3.05, 3.63) is 66.2 Å². The van der Waals surface area contributed by atoms with Gasteiger partial charge in [-0.1, -0.05) is 66.1 Å². The average molecular weight is 195 g/mol. The van der Waals surface area contributed by atoms with Gasteiger partial charge in [-0.25, -0.2) is 0 Å². The van der Waals surface area contributed by atoms with Crippen LogP contribution in [0.25, 0.3) is 0 Å². The summed E-state index contributed by atoms with van der Waals surface area (Å²) in [6.07, 6.45) is 0. The molecule has 2 aromatic rings. The fourth-order valence-corrected chi connectivity index (χ4v) is 1.34. The van der Waals surface area contributed by atoms with Crippen molar-refractivity contribution in [2.45, 2.75) is 6.61 Å². The summed E-state index contributed by atoms with van der Waals surface area (Å²) < 4.78 is 5.48. The summed E-state index contributed by atoms with van der Waals surface area (Å²) in [7, 11) is 1.78. The first-order chi connectivity index (χ1) is 7.45. The molecule has 0 fully saturated rings. The van der Waals surface area contributed by atoms with E-state index in [1.807, 2.05) is 48.5 Å². The molecule has 1 radical (unpaired) electrons. The monoisotopic (exact) mass is 195 g/mol. The van der Waals surface area contributed by atoms with E-state index in [9.17, 15) is 0 Å². The fourth-order valence-electron chi connectivity index (χ4n) is 1.34. The third-order valence-corrected chi connectivity index (χ3v) is 2.11. The summed E-state index contributed by atoms with van der Waals surface area (Å²) in [6, 6.07) is 20.2. The summed E-state index contributed by atoms with van der Waals surface area (Å²) in [5.74, 6) is 0. The van der Waals surface area contributed by atoms with Crippen LogP contribution in [0.2, 0.25) is 0 Å². The lowest BCUT2D eigenvalue weighted by Gasteiger charge is -2.02. The molecule has 0 aromatic heterocycles. The van der Waals surface area contributed by atoms with Crippen LogP contribution in [-0.4, -0.2) is 7.48 Å². The van der Waals surface area contributed by atoms with Crippen LogP contribution >= 0.6 is 0 Å². The Morgan fingerprint density at radius 1 is 0.800 bits per heavy atom. The molecule has 0 N–H and O–H groups in total. The molecule has 0 atom stereocenters. The minimum absolute atomic E-state index is 0.621. The Labute approximate surface area is 91.0 Å². The van der Waals surface area contributed by atoms with Crippen molar-refractivity contribution in [3.63, 3.8) is 0 Å². The largest absolute Gasteiger partial charge is 0.430 e. The molecule has 73 valence electrons. The third kappa shape index (κ3) is 3.26. The Morgan fingerprint density at radius 2 is 1.40 bits per heavy atom. The molecule has 0 amide bonds. The second-order valence-corrected chi connectivity index (χ2v) is 3.33. The number of hydrogen-bond acceptors (Lipinski definition) is 1. The van der Waals surface area contributed by atoms with Crippen LogP contribution in [0.1, 0.15) is 5.56 Å². The lowest BCUT2D eigenvalue weighted by molar-refractivity contribution is 0.330. The van der Waals surface area contributed by atoms with E-state index >= 15 is 0 Å². The van der Waals surface area contributed by atoms with Gasteiger partial charge in [-0.15, -0.1) is 0 Å². The molecule has 0 aliphatic carbocycles. The van der Waals surface area contributed by atoms with Gasteiger partial charge in [0.15, 0.2) is 0 Å². The first-order valence-electron chi connectivity index (χ1n) is 4.99. The lowest BCUT2D eigenvalue weighted by Crippen LogP contribution is -2.16. The van der Waals surface area contributed by atoms with Crippen molar-refractivity contribution in [1.29, 1.82) is 0 Å². The van der Waals surface area contributed by atoms with Crippen LogP contribution in [0, 0.1) is 0 Å². The van der Waals surface area contributed by atoms with Gasteiger partial charge in [0.05, 0.1) is 6.61 Å². The molecule has 1 nitrogen and oxygen atoms in total. The van der Waals surface area contributed by atoms with Crippen LogP contribution in [0.5, 0.6) is 0 Å². The predicted octanol–water partition coefficient (Wildman–Crippen LogP) is 2.15. The smallest absolute Gasteiger partial charge is 0.330 e. The number of hydrogen-bond donors (Lipinski definition) is 0. The summed E-state index contributed by atoms with van der Waals surface area (Å²) in [5, 5.41) is 0. The van der Waals surface area contributed by atoms with E-state index in [0.717, 1.165) is 5.46 Å². The van der Waals surface area contributed by atoms with Crippen molar-refractivity contribution < 1.29 is 4.65 Å². The molecule has 0 heterocycles. The summed E-state index contributed by atoms with van der Waals surface area (Å²) in [6.45, 7) is 0.621. The van der Waals surface area contributed by atoms with Crippen LogP contribution in [0.15, 0.2) is 60.7 Å². The molecule has 0 unspecified atom stereocenters. The average Bonchev–Trinajstić information content (AvgIpc) is 2.32. The number of rotatable bonds is 4. The Bertz CT molecular complexity index is 346. The second-order valence-electron chi connectivity index (χ2n) is 3.33. The Kier molecular flexibility index (Phi) is 3.58. The van der Waals surface area contributed by atoms with E-state index in [4.69, 9.17) is 4.65 Å². The minimum atomic E-state index is 0.621. The van der Waals surface area contributed by atoms with E-state index in [0.29, 0.717) is 6.61 Å². The first kappa shape index (κ1) is 10.00. The molecular weight excluding hydrogens is 183 g/mol. The highest BCUT2D eigenvalue weighted by Gasteiger charge is 1.96. The van der Waals surface area contributed by atoms with E-state index in [1.54, 1.807) is 7.48 Å². The zero-order chi connectivity index (χ0) is 10.3. The molecule has 0 aliphatic rings. The van der Waals surface area contributed by atoms with Crippen molar-refractivity contribution in [2.24, 2.45) is 0 Å². The molecule has 2 heteroatoms. The maximum atomic E-state index is 5.48. The fraction of sp³-hybridized carbons (Fsp3) is 0.0769. The summed E-state index contributed by atoms with van der Waals surface area (Å²) in [4.78, 5) is 0. The molecule has 2 aromatic carbocycles. The van der Waals surface area contributed by atoms with Crippen LogP contribution in [0.4, 0.5) is 0 Å². The van der Waals surface area contributed by atoms with Crippen LogP contribution in [-0.2, 0) is 11.3 Å². The highest BCUT2D eigenvalue weighted by molar-refractivity contribution is 6.46. The van der Waals surface area contributed by atoms with Gasteiger partial charge in [-0.3, -0.25) is 0 Å². The molecule has 0 spiro atoms. The van der Waals surface area contributed by atoms with Gasteiger partial charge in [0.25, 0.3) is 0 Å². The topological polar surface area (TPSA) is 9.23 Å². The molecule has 0 aliphatic heterocycles. The van der Waals surface area contributed by atoms with Crippen molar-refractivity contribution in [3.8, 4) is 0 Å². The van der Waals surface area contributed by atoms with E-state index < -0.39 is 0 Å². The molecule has 0 saturated heterocycles. The van der Waals surface area contributed by atoms with E-state index in [2.05, 4.69) is 12.1 Å². The summed E-state index contributed by atoms with van der Waals surface area (Å²) in [5.41, 5.74) is 2.28. The normalized spacial score (nSPS) is 9.87. The van der Waals surface area contributed by atoms with Crippen LogP contribution < -0.4 is 5.46 Å². The van der Waals surface area contributed by atoms with Gasteiger partial charge in [0, 0.05) is 0 Å². The molecule has 15 heavy (non-hydrogen) atoms. The van der Waals surface area contributed by atoms with Crippen molar-refractivity contribution in [1.82, 2.24) is 0 Å². The van der Waals surface area contributed by atoms with Gasteiger partial charge in [-0.05, 0) is 5.56 Å². The number of benzene rings is 2. The maximum absolute atomic E-state index is 5.48.